The van der Waals surface area contributed by atoms with Gasteiger partial charge in [-0.25, -0.2) is 4.98 Å². The second-order valence-corrected chi connectivity index (χ2v) is 5.68. The Bertz CT molecular complexity index is 554. The SMILES string of the molecule is COc1cc(CNC(C)c2ncc(C)s2)ccc1O. The summed E-state index contributed by atoms with van der Waals surface area (Å²) < 4.78 is 5.09. The zero-order valence-corrected chi connectivity index (χ0v) is 12.1. The van der Waals surface area contributed by atoms with E-state index in [0.29, 0.717) is 12.3 Å². The molecule has 0 bridgehead atoms. The molecule has 0 radical (unpaired) electrons. The van der Waals surface area contributed by atoms with Gasteiger partial charge in [0.2, 0.25) is 0 Å². The second kappa shape index (κ2) is 6.04. The highest BCUT2D eigenvalue weighted by Crippen LogP contribution is 2.26. The molecule has 5 heteroatoms. The number of benzene rings is 1. The van der Waals surface area contributed by atoms with E-state index in [-0.39, 0.29) is 11.8 Å². The largest absolute Gasteiger partial charge is 0.504 e. The first kappa shape index (κ1) is 13.8. The highest BCUT2D eigenvalue weighted by Gasteiger charge is 2.09. The van der Waals surface area contributed by atoms with E-state index in [9.17, 15) is 5.11 Å². The summed E-state index contributed by atoms with van der Waals surface area (Å²) in [7, 11) is 1.55. The average Bonchev–Trinajstić information content (AvgIpc) is 2.84. The van der Waals surface area contributed by atoms with Crippen molar-refractivity contribution in [2.75, 3.05) is 7.11 Å². The average molecular weight is 278 g/mol. The van der Waals surface area contributed by atoms with Crippen molar-refractivity contribution in [1.82, 2.24) is 10.3 Å². The molecule has 1 unspecified atom stereocenters. The first-order valence-electron chi connectivity index (χ1n) is 6.11. The lowest BCUT2D eigenvalue weighted by Crippen LogP contribution is -2.17. The van der Waals surface area contributed by atoms with Gasteiger partial charge in [0.15, 0.2) is 11.5 Å². The van der Waals surface area contributed by atoms with Gasteiger partial charge < -0.3 is 15.2 Å². The molecule has 2 aromatic rings. The Kier molecular flexibility index (Phi) is 4.39. The first-order valence-corrected chi connectivity index (χ1v) is 6.93. The standard InChI is InChI=1S/C14H18N2O2S/c1-9-7-16-14(19-9)10(2)15-8-11-4-5-12(17)13(6-11)18-3/h4-7,10,15,17H,8H2,1-3H3. The fourth-order valence-corrected chi connectivity index (χ4v) is 2.56. The number of nitrogens with one attached hydrogen (secondary N) is 1. The van der Waals surface area contributed by atoms with Crippen LogP contribution in [-0.4, -0.2) is 17.2 Å². The van der Waals surface area contributed by atoms with Crippen LogP contribution < -0.4 is 10.1 Å². The number of hydrogen-bond donors (Lipinski definition) is 2. The molecule has 0 aliphatic rings. The minimum absolute atomic E-state index is 0.162. The fraction of sp³-hybridized carbons (Fsp3) is 0.357. The summed E-state index contributed by atoms with van der Waals surface area (Å²) in [5.74, 6) is 0.659. The molecule has 1 aromatic carbocycles. The van der Waals surface area contributed by atoms with Gasteiger partial charge in [0.1, 0.15) is 5.01 Å². The third-order valence-corrected chi connectivity index (χ3v) is 3.96. The van der Waals surface area contributed by atoms with E-state index < -0.39 is 0 Å². The van der Waals surface area contributed by atoms with Gasteiger partial charge in [0.25, 0.3) is 0 Å². The Labute approximate surface area is 117 Å². The summed E-state index contributed by atoms with van der Waals surface area (Å²) in [5, 5.41) is 14.0. The maximum absolute atomic E-state index is 9.54. The lowest BCUT2D eigenvalue weighted by Gasteiger charge is -2.12. The number of thiazole rings is 1. The van der Waals surface area contributed by atoms with Crippen LogP contribution in [0.15, 0.2) is 24.4 Å². The summed E-state index contributed by atoms with van der Waals surface area (Å²) in [6.07, 6.45) is 1.89. The zero-order chi connectivity index (χ0) is 13.8. The monoisotopic (exact) mass is 278 g/mol. The molecule has 2 rings (SSSR count). The van der Waals surface area contributed by atoms with Gasteiger partial charge in [0.05, 0.1) is 13.2 Å². The molecule has 19 heavy (non-hydrogen) atoms. The number of methoxy groups -OCH3 is 1. The molecule has 0 saturated carbocycles. The molecule has 0 aliphatic carbocycles. The molecule has 102 valence electrons. The maximum atomic E-state index is 9.54. The van der Waals surface area contributed by atoms with Crippen LogP contribution in [0.4, 0.5) is 0 Å². The Morgan fingerprint density at radius 3 is 2.89 bits per heavy atom. The number of ether oxygens (including phenoxy) is 1. The van der Waals surface area contributed by atoms with E-state index >= 15 is 0 Å². The molecule has 1 atom stereocenters. The van der Waals surface area contributed by atoms with E-state index in [0.717, 1.165) is 10.6 Å². The van der Waals surface area contributed by atoms with Crippen molar-refractivity contribution in [2.24, 2.45) is 0 Å². The van der Waals surface area contributed by atoms with Crippen LogP contribution in [0.25, 0.3) is 0 Å². The quantitative estimate of drug-likeness (QED) is 0.882. The number of aromatic hydroxyl groups is 1. The lowest BCUT2D eigenvalue weighted by atomic mass is 10.2. The molecule has 0 spiro atoms. The number of aryl methyl sites for hydroxylation is 1. The van der Waals surface area contributed by atoms with Crippen molar-refractivity contribution in [2.45, 2.75) is 26.4 Å². The van der Waals surface area contributed by atoms with Crippen LogP contribution in [0.5, 0.6) is 11.5 Å². The third kappa shape index (κ3) is 3.45. The van der Waals surface area contributed by atoms with Crippen molar-refractivity contribution in [3.63, 3.8) is 0 Å². The first-order chi connectivity index (χ1) is 9.10. The van der Waals surface area contributed by atoms with Crippen LogP contribution in [0.1, 0.15) is 28.4 Å². The van der Waals surface area contributed by atoms with Crippen molar-refractivity contribution in [1.29, 1.82) is 0 Å². The summed E-state index contributed by atoms with van der Waals surface area (Å²) in [5.41, 5.74) is 1.06. The van der Waals surface area contributed by atoms with Crippen LogP contribution in [0.2, 0.25) is 0 Å². The van der Waals surface area contributed by atoms with Crippen LogP contribution in [0, 0.1) is 6.92 Å². The van der Waals surface area contributed by atoms with Gasteiger partial charge >= 0.3 is 0 Å². The summed E-state index contributed by atoms with van der Waals surface area (Å²) >= 11 is 1.70. The highest BCUT2D eigenvalue weighted by molar-refractivity contribution is 7.11. The van der Waals surface area contributed by atoms with E-state index in [1.807, 2.05) is 18.3 Å². The maximum Gasteiger partial charge on any atom is 0.160 e. The van der Waals surface area contributed by atoms with Crippen LogP contribution in [0.3, 0.4) is 0 Å². The summed E-state index contributed by atoms with van der Waals surface area (Å²) in [4.78, 5) is 5.58. The van der Waals surface area contributed by atoms with E-state index in [4.69, 9.17) is 4.74 Å². The van der Waals surface area contributed by atoms with Crippen molar-refractivity contribution >= 4 is 11.3 Å². The minimum atomic E-state index is 0.162. The van der Waals surface area contributed by atoms with Gasteiger partial charge in [-0.2, -0.15) is 0 Å². The van der Waals surface area contributed by atoms with Crippen molar-refractivity contribution in [3.8, 4) is 11.5 Å². The normalized spacial score (nSPS) is 12.4. The number of nitrogens with zero attached hydrogens (tertiary/aromatic N) is 1. The molecule has 2 N–H and O–H groups in total. The topological polar surface area (TPSA) is 54.4 Å². The molecule has 4 nitrogen and oxygen atoms in total. The fourth-order valence-electron chi connectivity index (χ4n) is 1.76. The Morgan fingerprint density at radius 1 is 1.47 bits per heavy atom. The molecule has 0 amide bonds. The predicted molar refractivity (Wildman–Crippen MR) is 76.8 cm³/mol. The van der Waals surface area contributed by atoms with Crippen molar-refractivity contribution in [3.05, 3.63) is 39.8 Å². The number of phenolic OH excluding ortho intramolecular Hbond substituents is 1. The molecule has 1 heterocycles. The smallest absolute Gasteiger partial charge is 0.160 e. The molecule has 0 aliphatic heterocycles. The van der Waals surface area contributed by atoms with Crippen LogP contribution in [-0.2, 0) is 6.54 Å². The summed E-state index contributed by atoms with van der Waals surface area (Å²) in [6.45, 7) is 4.85. The van der Waals surface area contributed by atoms with Gasteiger partial charge in [0, 0.05) is 17.6 Å². The van der Waals surface area contributed by atoms with Gasteiger partial charge in [-0.15, -0.1) is 11.3 Å². The Morgan fingerprint density at radius 2 is 2.26 bits per heavy atom. The minimum Gasteiger partial charge on any atom is -0.504 e. The molecular weight excluding hydrogens is 260 g/mol. The number of phenols is 1. The van der Waals surface area contributed by atoms with Gasteiger partial charge in [-0.1, -0.05) is 6.07 Å². The van der Waals surface area contributed by atoms with Gasteiger partial charge in [-0.05, 0) is 31.5 Å². The second-order valence-electron chi connectivity index (χ2n) is 4.42. The van der Waals surface area contributed by atoms with Crippen molar-refractivity contribution < 1.29 is 9.84 Å². The highest BCUT2D eigenvalue weighted by atomic mass is 32.1. The molecule has 1 aromatic heterocycles. The predicted octanol–water partition coefficient (Wildman–Crippen LogP) is 3.02. The third-order valence-electron chi connectivity index (χ3n) is 2.87. The number of aromatic nitrogens is 1. The Hall–Kier alpha value is -1.59. The zero-order valence-electron chi connectivity index (χ0n) is 11.3. The lowest BCUT2D eigenvalue weighted by molar-refractivity contribution is 0.372. The van der Waals surface area contributed by atoms with Crippen LogP contribution >= 0.6 is 11.3 Å². The van der Waals surface area contributed by atoms with E-state index in [1.54, 1.807) is 24.5 Å². The number of hydrogen-bond acceptors (Lipinski definition) is 5. The molecule has 0 saturated heterocycles. The molecular formula is C14H18N2O2S. The van der Waals surface area contributed by atoms with E-state index in [1.165, 1.54) is 4.88 Å². The number of rotatable bonds is 5. The Balaban J connectivity index is 1.98. The van der Waals surface area contributed by atoms with E-state index in [2.05, 4.69) is 24.1 Å². The van der Waals surface area contributed by atoms with Gasteiger partial charge in [-0.3, -0.25) is 0 Å². The summed E-state index contributed by atoms with van der Waals surface area (Å²) in [6, 6.07) is 5.57. The molecule has 0 fully saturated rings.